The summed E-state index contributed by atoms with van der Waals surface area (Å²) in [6.07, 6.45) is 6.62. The number of rotatable bonds is 5. The number of benzene rings is 2. The van der Waals surface area contributed by atoms with E-state index in [1.165, 1.54) is 12.2 Å². The van der Waals surface area contributed by atoms with E-state index in [-0.39, 0.29) is 22.7 Å². The minimum Gasteiger partial charge on any atom is -0.492 e. The van der Waals surface area contributed by atoms with Crippen LogP contribution in [-0.2, 0) is 13.0 Å². The molecule has 0 bridgehead atoms. The second kappa shape index (κ2) is 9.39. The van der Waals surface area contributed by atoms with E-state index in [0.717, 1.165) is 48.5 Å². The van der Waals surface area contributed by atoms with Gasteiger partial charge in [-0.15, -0.1) is 17.0 Å². The van der Waals surface area contributed by atoms with Crippen molar-refractivity contribution >= 4 is 17.0 Å². The largest absolute Gasteiger partial charge is 0.492 e. The highest BCUT2D eigenvalue weighted by Gasteiger charge is 2.28. The van der Waals surface area contributed by atoms with Crippen LogP contribution in [0.15, 0.2) is 54.7 Å². The summed E-state index contributed by atoms with van der Waals surface area (Å²) in [4.78, 5) is 0. The zero-order chi connectivity index (χ0) is 19.5. The van der Waals surface area contributed by atoms with Crippen molar-refractivity contribution in [3.63, 3.8) is 0 Å². The van der Waals surface area contributed by atoms with E-state index >= 15 is 0 Å². The Morgan fingerprint density at radius 3 is 2.48 bits per heavy atom. The van der Waals surface area contributed by atoms with Crippen molar-refractivity contribution < 1.29 is 22.8 Å². The number of nitrogens with zero attached hydrogens (tertiary/aromatic N) is 2. The van der Waals surface area contributed by atoms with E-state index < -0.39 is 6.61 Å². The van der Waals surface area contributed by atoms with Crippen molar-refractivity contribution in [1.82, 2.24) is 4.57 Å². The molecule has 0 N–H and O–H groups in total. The first-order valence-corrected chi connectivity index (χ1v) is 9.50. The molecule has 0 radical (unpaired) electrons. The molecular formula is C22H24BrF2N2O2+. The Labute approximate surface area is 179 Å². The SMILES string of the molecule is Br.COc1ccccc1-n1c(-c2ccc(OC(F)F)cc2)c[n+]2c1CCCCC2. The molecule has 154 valence electrons. The molecule has 0 amide bonds. The third-order valence-electron chi connectivity index (χ3n) is 5.11. The quantitative estimate of drug-likeness (QED) is 0.475. The van der Waals surface area contributed by atoms with E-state index in [9.17, 15) is 8.78 Å². The molecule has 0 unspecified atom stereocenters. The molecule has 2 heterocycles. The molecule has 2 aromatic carbocycles. The molecule has 29 heavy (non-hydrogen) atoms. The highest BCUT2D eigenvalue weighted by molar-refractivity contribution is 8.93. The fraction of sp³-hybridized carbons (Fsp3) is 0.318. The molecule has 0 fully saturated rings. The average Bonchev–Trinajstić information content (AvgIpc) is 2.90. The monoisotopic (exact) mass is 465 g/mol. The van der Waals surface area contributed by atoms with Gasteiger partial charge in [-0.05, 0) is 55.7 Å². The van der Waals surface area contributed by atoms with Crippen molar-refractivity contribution in [1.29, 1.82) is 0 Å². The number of halogens is 3. The fourth-order valence-electron chi connectivity index (χ4n) is 3.83. The number of fused-ring (bicyclic) bond motifs is 1. The molecule has 0 atom stereocenters. The summed E-state index contributed by atoms with van der Waals surface area (Å²) in [7, 11) is 1.67. The zero-order valence-electron chi connectivity index (χ0n) is 16.2. The van der Waals surface area contributed by atoms with Crippen LogP contribution in [0.4, 0.5) is 8.78 Å². The van der Waals surface area contributed by atoms with Crippen molar-refractivity contribution in [3.05, 3.63) is 60.6 Å². The average molecular weight is 466 g/mol. The fourth-order valence-corrected chi connectivity index (χ4v) is 3.83. The van der Waals surface area contributed by atoms with Gasteiger partial charge in [0, 0.05) is 12.0 Å². The predicted molar refractivity (Wildman–Crippen MR) is 112 cm³/mol. The topological polar surface area (TPSA) is 27.3 Å². The highest BCUT2D eigenvalue weighted by Crippen LogP contribution is 2.32. The Morgan fingerprint density at radius 2 is 1.76 bits per heavy atom. The number of alkyl halides is 2. The number of imidazole rings is 1. The van der Waals surface area contributed by atoms with Gasteiger partial charge < -0.3 is 9.47 Å². The number of hydrogen-bond acceptors (Lipinski definition) is 2. The lowest BCUT2D eigenvalue weighted by molar-refractivity contribution is -0.702. The number of aryl methyl sites for hydroxylation is 1. The summed E-state index contributed by atoms with van der Waals surface area (Å²) in [6, 6.07) is 14.7. The third-order valence-corrected chi connectivity index (χ3v) is 5.11. The van der Waals surface area contributed by atoms with Gasteiger partial charge in [0.05, 0.1) is 13.7 Å². The highest BCUT2D eigenvalue weighted by atomic mass is 79.9. The van der Waals surface area contributed by atoms with E-state index in [1.807, 2.05) is 36.4 Å². The van der Waals surface area contributed by atoms with Crippen molar-refractivity contribution in [2.75, 3.05) is 7.11 Å². The summed E-state index contributed by atoms with van der Waals surface area (Å²) in [6.45, 7) is -1.85. The van der Waals surface area contributed by atoms with E-state index in [4.69, 9.17) is 4.74 Å². The maximum atomic E-state index is 12.5. The van der Waals surface area contributed by atoms with Gasteiger partial charge in [0.15, 0.2) is 17.1 Å². The molecule has 1 aliphatic heterocycles. The maximum absolute atomic E-state index is 12.5. The molecule has 7 heteroatoms. The van der Waals surface area contributed by atoms with E-state index in [1.54, 1.807) is 19.2 Å². The van der Waals surface area contributed by atoms with Gasteiger partial charge in [0.25, 0.3) is 5.82 Å². The lowest BCUT2D eigenvalue weighted by Crippen LogP contribution is -2.35. The summed E-state index contributed by atoms with van der Waals surface area (Å²) < 4.78 is 39.6. The molecule has 0 aliphatic carbocycles. The minimum absolute atomic E-state index is 0. The van der Waals surface area contributed by atoms with E-state index in [0.29, 0.717) is 0 Å². The van der Waals surface area contributed by atoms with Crippen LogP contribution in [0.5, 0.6) is 11.5 Å². The first-order valence-electron chi connectivity index (χ1n) is 9.50. The zero-order valence-corrected chi connectivity index (χ0v) is 17.9. The summed E-state index contributed by atoms with van der Waals surface area (Å²) in [5.41, 5.74) is 2.92. The lowest BCUT2D eigenvalue weighted by atomic mass is 10.1. The normalized spacial score (nSPS) is 13.4. The number of para-hydroxylation sites is 2. The van der Waals surface area contributed by atoms with Crippen LogP contribution in [0, 0.1) is 0 Å². The van der Waals surface area contributed by atoms with Gasteiger partial charge in [-0.1, -0.05) is 12.1 Å². The van der Waals surface area contributed by atoms with Crippen LogP contribution >= 0.6 is 17.0 Å². The summed E-state index contributed by atoms with van der Waals surface area (Å²) in [5.74, 6) is 2.18. The first kappa shape index (κ1) is 21.3. The van der Waals surface area contributed by atoms with E-state index in [2.05, 4.69) is 20.1 Å². The Morgan fingerprint density at radius 1 is 1.00 bits per heavy atom. The van der Waals surface area contributed by atoms with Crippen LogP contribution in [0.2, 0.25) is 0 Å². The van der Waals surface area contributed by atoms with Crippen LogP contribution in [0.1, 0.15) is 25.1 Å². The second-order valence-electron chi connectivity index (χ2n) is 6.84. The van der Waals surface area contributed by atoms with Gasteiger partial charge in [-0.3, -0.25) is 0 Å². The van der Waals surface area contributed by atoms with Gasteiger partial charge in [-0.25, -0.2) is 4.57 Å². The summed E-state index contributed by atoms with van der Waals surface area (Å²) in [5, 5.41) is 0. The van der Waals surface area contributed by atoms with Gasteiger partial charge in [0.2, 0.25) is 0 Å². The van der Waals surface area contributed by atoms with Crippen molar-refractivity contribution in [3.8, 4) is 28.4 Å². The molecule has 0 saturated carbocycles. The Bertz CT molecular complexity index is 958. The molecule has 4 nitrogen and oxygen atoms in total. The number of methoxy groups -OCH3 is 1. The number of aromatic nitrogens is 2. The lowest BCUT2D eigenvalue weighted by Gasteiger charge is -2.10. The Balaban J connectivity index is 0.00000240. The van der Waals surface area contributed by atoms with Crippen molar-refractivity contribution in [2.45, 2.75) is 38.8 Å². The molecule has 0 spiro atoms. The maximum Gasteiger partial charge on any atom is 0.387 e. The second-order valence-corrected chi connectivity index (χ2v) is 6.84. The number of ether oxygens (including phenoxy) is 2. The third kappa shape index (κ3) is 4.45. The first-order chi connectivity index (χ1) is 13.7. The number of hydrogen-bond donors (Lipinski definition) is 0. The standard InChI is InChI=1S/C22H23F2N2O2.BrH/c1-27-20-8-5-4-7-18(20)26-19(15-25-14-6-2-3-9-21(25)26)16-10-12-17(13-11-16)28-22(23)24;/h4-5,7-8,10-13,15,22H,2-3,6,9,14H2,1H3;1H/q+1;. The molecule has 3 aromatic rings. The molecule has 1 aromatic heterocycles. The van der Waals surface area contributed by atoms with Crippen molar-refractivity contribution in [2.24, 2.45) is 0 Å². The van der Waals surface area contributed by atoms with Gasteiger partial charge in [-0.2, -0.15) is 13.3 Å². The predicted octanol–water partition coefficient (Wildman–Crippen LogP) is 5.35. The van der Waals surface area contributed by atoms with Gasteiger partial charge in [0.1, 0.15) is 11.9 Å². The smallest absolute Gasteiger partial charge is 0.387 e. The molecule has 0 saturated heterocycles. The minimum atomic E-state index is -2.82. The van der Waals surface area contributed by atoms with Crippen LogP contribution in [0.3, 0.4) is 0 Å². The molecular weight excluding hydrogens is 442 g/mol. The molecule has 1 aliphatic rings. The Hall–Kier alpha value is -2.41. The van der Waals surface area contributed by atoms with Crippen LogP contribution in [0.25, 0.3) is 16.9 Å². The summed E-state index contributed by atoms with van der Waals surface area (Å²) >= 11 is 0. The van der Waals surface area contributed by atoms with Crippen LogP contribution < -0.4 is 14.0 Å². The van der Waals surface area contributed by atoms with Gasteiger partial charge >= 0.3 is 6.61 Å². The Kier molecular flexibility index (Phi) is 6.90. The van der Waals surface area contributed by atoms with Crippen LogP contribution in [-0.4, -0.2) is 18.3 Å². The molecule has 4 rings (SSSR count).